The Morgan fingerprint density at radius 2 is 2.12 bits per heavy atom. The fourth-order valence-electron chi connectivity index (χ4n) is 3.82. The number of carbonyl (C=O) groups is 1. The monoisotopic (exact) mass is 214 g/mol. The first-order valence-electron chi connectivity index (χ1n) is 6.43. The van der Waals surface area contributed by atoms with E-state index >= 15 is 0 Å². The number of benzene rings is 1. The third-order valence-electron chi connectivity index (χ3n) is 4.70. The van der Waals surface area contributed by atoms with Crippen LogP contribution in [0.3, 0.4) is 0 Å². The lowest BCUT2D eigenvalue weighted by Gasteiger charge is -2.37. The SMILES string of the molecule is CC[C@]12CCCC[C@H]1c1ccccc1C2=O. The molecule has 3 rings (SSSR count). The molecule has 1 heteroatoms. The van der Waals surface area contributed by atoms with Crippen molar-refractivity contribution in [3.05, 3.63) is 35.4 Å². The molecule has 2 aliphatic carbocycles. The highest BCUT2D eigenvalue weighted by atomic mass is 16.1. The van der Waals surface area contributed by atoms with E-state index in [1.807, 2.05) is 12.1 Å². The Kier molecular flexibility index (Phi) is 2.17. The molecule has 0 radical (unpaired) electrons. The number of Topliss-reactive ketones (excluding diaryl/α,β-unsaturated/α-hetero) is 1. The molecule has 0 bridgehead atoms. The molecular weight excluding hydrogens is 196 g/mol. The molecule has 0 heterocycles. The van der Waals surface area contributed by atoms with Crippen LogP contribution in [0, 0.1) is 5.41 Å². The second-order valence-electron chi connectivity index (χ2n) is 5.22. The van der Waals surface area contributed by atoms with Gasteiger partial charge in [0.05, 0.1) is 0 Å². The van der Waals surface area contributed by atoms with Gasteiger partial charge in [-0.3, -0.25) is 4.79 Å². The first-order chi connectivity index (χ1) is 7.79. The summed E-state index contributed by atoms with van der Waals surface area (Å²) in [5.74, 6) is 0.935. The van der Waals surface area contributed by atoms with Crippen LogP contribution < -0.4 is 0 Å². The zero-order valence-corrected chi connectivity index (χ0v) is 9.83. The Morgan fingerprint density at radius 3 is 2.94 bits per heavy atom. The Bertz CT molecular complexity index is 435. The number of hydrogen-bond acceptors (Lipinski definition) is 1. The average Bonchev–Trinajstić information content (AvgIpc) is 2.62. The molecule has 0 aromatic heterocycles. The van der Waals surface area contributed by atoms with E-state index in [1.165, 1.54) is 24.8 Å². The highest BCUT2D eigenvalue weighted by Gasteiger charge is 2.52. The maximum atomic E-state index is 12.6. The van der Waals surface area contributed by atoms with Crippen molar-refractivity contribution in [2.24, 2.45) is 5.41 Å². The Labute approximate surface area is 96.9 Å². The molecule has 0 spiro atoms. The van der Waals surface area contributed by atoms with E-state index in [9.17, 15) is 4.79 Å². The predicted molar refractivity (Wildman–Crippen MR) is 64.7 cm³/mol. The van der Waals surface area contributed by atoms with Gasteiger partial charge in [0.1, 0.15) is 0 Å². The summed E-state index contributed by atoms with van der Waals surface area (Å²) < 4.78 is 0. The standard InChI is InChI=1S/C15H18O/c1-2-15-10-6-5-9-13(15)11-7-3-4-8-12(11)14(15)16/h3-4,7-8,13H,2,5-6,9-10H2,1H3/t13-,15-/m0/s1. The summed E-state index contributed by atoms with van der Waals surface area (Å²) in [5.41, 5.74) is 2.30. The minimum absolute atomic E-state index is 0.0397. The van der Waals surface area contributed by atoms with Crippen molar-refractivity contribution in [1.29, 1.82) is 0 Å². The van der Waals surface area contributed by atoms with Crippen LogP contribution in [0.15, 0.2) is 24.3 Å². The van der Waals surface area contributed by atoms with Crippen LogP contribution >= 0.6 is 0 Å². The van der Waals surface area contributed by atoms with Crippen LogP contribution in [0.25, 0.3) is 0 Å². The van der Waals surface area contributed by atoms with E-state index in [2.05, 4.69) is 19.1 Å². The number of ketones is 1. The van der Waals surface area contributed by atoms with Gasteiger partial charge in [0.25, 0.3) is 0 Å². The average molecular weight is 214 g/mol. The minimum Gasteiger partial charge on any atom is -0.294 e. The molecule has 1 saturated carbocycles. The van der Waals surface area contributed by atoms with Crippen LogP contribution in [0.5, 0.6) is 0 Å². The fourth-order valence-corrected chi connectivity index (χ4v) is 3.82. The number of hydrogen-bond donors (Lipinski definition) is 0. The quantitative estimate of drug-likeness (QED) is 0.692. The molecular formula is C15H18O. The van der Waals surface area contributed by atoms with Crippen LogP contribution in [0.1, 0.15) is 60.9 Å². The van der Waals surface area contributed by atoms with Crippen molar-refractivity contribution < 1.29 is 4.79 Å². The molecule has 84 valence electrons. The van der Waals surface area contributed by atoms with Crippen molar-refractivity contribution in [2.45, 2.75) is 44.9 Å². The normalized spacial score (nSPS) is 32.3. The number of rotatable bonds is 1. The maximum absolute atomic E-state index is 12.6. The van der Waals surface area contributed by atoms with Gasteiger partial charge in [-0.05, 0) is 30.7 Å². The Hall–Kier alpha value is -1.11. The number of carbonyl (C=O) groups excluding carboxylic acids is 1. The molecule has 0 N–H and O–H groups in total. The third-order valence-corrected chi connectivity index (χ3v) is 4.70. The lowest BCUT2D eigenvalue weighted by molar-refractivity contribution is 0.0695. The summed E-state index contributed by atoms with van der Waals surface area (Å²) in [6.07, 6.45) is 5.82. The summed E-state index contributed by atoms with van der Waals surface area (Å²) >= 11 is 0. The minimum atomic E-state index is -0.0397. The summed E-state index contributed by atoms with van der Waals surface area (Å²) in [6, 6.07) is 8.26. The van der Waals surface area contributed by atoms with Crippen LogP contribution in [-0.4, -0.2) is 5.78 Å². The molecule has 1 aromatic rings. The molecule has 0 aliphatic heterocycles. The van der Waals surface area contributed by atoms with Gasteiger partial charge < -0.3 is 0 Å². The number of fused-ring (bicyclic) bond motifs is 3. The second-order valence-corrected chi connectivity index (χ2v) is 5.22. The topological polar surface area (TPSA) is 17.1 Å². The van der Waals surface area contributed by atoms with Gasteiger partial charge in [0.15, 0.2) is 5.78 Å². The Balaban J connectivity index is 2.17. The van der Waals surface area contributed by atoms with Crippen molar-refractivity contribution in [1.82, 2.24) is 0 Å². The van der Waals surface area contributed by atoms with E-state index in [0.29, 0.717) is 11.7 Å². The maximum Gasteiger partial charge on any atom is 0.169 e. The van der Waals surface area contributed by atoms with Gasteiger partial charge in [-0.1, -0.05) is 44.0 Å². The Morgan fingerprint density at radius 1 is 1.31 bits per heavy atom. The zero-order chi connectivity index (χ0) is 11.2. The predicted octanol–water partition coefficient (Wildman–Crippen LogP) is 3.94. The van der Waals surface area contributed by atoms with E-state index < -0.39 is 0 Å². The molecule has 2 atom stereocenters. The van der Waals surface area contributed by atoms with Gasteiger partial charge >= 0.3 is 0 Å². The lowest BCUT2D eigenvalue weighted by Crippen LogP contribution is -2.33. The van der Waals surface area contributed by atoms with Gasteiger partial charge in [0, 0.05) is 11.0 Å². The van der Waals surface area contributed by atoms with Crippen molar-refractivity contribution >= 4 is 5.78 Å². The van der Waals surface area contributed by atoms with Crippen molar-refractivity contribution in [3.63, 3.8) is 0 Å². The smallest absolute Gasteiger partial charge is 0.169 e. The molecule has 0 saturated heterocycles. The lowest BCUT2D eigenvalue weighted by atomic mass is 9.65. The van der Waals surface area contributed by atoms with Crippen molar-refractivity contribution in [3.8, 4) is 0 Å². The molecule has 1 fully saturated rings. The first-order valence-corrected chi connectivity index (χ1v) is 6.43. The highest BCUT2D eigenvalue weighted by molar-refractivity contribution is 6.06. The summed E-state index contributed by atoms with van der Waals surface area (Å²) in [6.45, 7) is 2.18. The third kappa shape index (κ3) is 1.09. The summed E-state index contributed by atoms with van der Waals surface area (Å²) in [7, 11) is 0. The summed E-state index contributed by atoms with van der Waals surface area (Å²) in [4.78, 5) is 12.6. The van der Waals surface area contributed by atoms with E-state index in [1.54, 1.807) is 0 Å². The van der Waals surface area contributed by atoms with Gasteiger partial charge in [-0.15, -0.1) is 0 Å². The van der Waals surface area contributed by atoms with Gasteiger partial charge in [-0.2, -0.15) is 0 Å². The van der Waals surface area contributed by atoms with Crippen LogP contribution in [0.2, 0.25) is 0 Å². The van der Waals surface area contributed by atoms with Gasteiger partial charge in [0.2, 0.25) is 0 Å². The second kappa shape index (κ2) is 3.44. The highest BCUT2D eigenvalue weighted by Crippen LogP contribution is 2.56. The summed E-state index contributed by atoms with van der Waals surface area (Å²) in [5, 5.41) is 0. The first kappa shape index (κ1) is 10.1. The molecule has 0 amide bonds. The fraction of sp³-hybridized carbons (Fsp3) is 0.533. The molecule has 16 heavy (non-hydrogen) atoms. The van der Waals surface area contributed by atoms with Crippen LogP contribution in [-0.2, 0) is 0 Å². The molecule has 1 nitrogen and oxygen atoms in total. The molecule has 2 aliphatic rings. The van der Waals surface area contributed by atoms with E-state index in [0.717, 1.165) is 18.4 Å². The van der Waals surface area contributed by atoms with E-state index in [4.69, 9.17) is 0 Å². The molecule has 1 aromatic carbocycles. The van der Waals surface area contributed by atoms with E-state index in [-0.39, 0.29) is 5.41 Å². The molecule has 0 unspecified atom stereocenters. The van der Waals surface area contributed by atoms with Gasteiger partial charge in [-0.25, -0.2) is 0 Å². The van der Waals surface area contributed by atoms with Crippen LogP contribution in [0.4, 0.5) is 0 Å². The largest absolute Gasteiger partial charge is 0.294 e. The van der Waals surface area contributed by atoms with Crippen molar-refractivity contribution in [2.75, 3.05) is 0 Å². The zero-order valence-electron chi connectivity index (χ0n) is 9.83.